The average molecular weight is 323 g/mol. The van der Waals surface area contributed by atoms with Gasteiger partial charge in [0.25, 0.3) is 0 Å². The third-order valence-corrected chi connectivity index (χ3v) is 4.62. The molecule has 1 aromatic rings. The van der Waals surface area contributed by atoms with Crippen molar-refractivity contribution < 1.29 is 9.59 Å². The van der Waals surface area contributed by atoms with Gasteiger partial charge in [0.2, 0.25) is 11.8 Å². The lowest BCUT2D eigenvalue weighted by Gasteiger charge is -2.35. The predicted molar refractivity (Wildman–Crippen MR) is 88.8 cm³/mol. The molecule has 4 nitrogen and oxygen atoms in total. The number of piperidine rings is 1. The number of anilines is 1. The van der Waals surface area contributed by atoms with Crippen LogP contribution in [0.1, 0.15) is 33.6 Å². The molecule has 0 bridgehead atoms. The number of nitrogens with zero attached hydrogens (tertiary/aromatic N) is 1. The number of carbonyl (C=O) groups excluding carboxylic acids is 2. The predicted octanol–water partition coefficient (Wildman–Crippen LogP) is 3.56. The largest absolute Gasteiger partial charge is 0.342 e. The third kappa shape index (κ3) is 3.61. The molecule has 0 aliphatic carbocycles. The molecule has 0 saturated carbocycles. The second-order valence-electron chi connectivity index (χ2n) is 6.53. The van der Waals surface area contributed by atoms with Crippen LogP contribution in [0.4, 0.5) is 5.69 Å². The lowest BCUT2D eigenvalue weighted by atomic mass is 9.88. The third-order valence-electron chi connectivity index (χ3n) is 4.30. The summed E-state index contributed by atoms with van der Waals surface area (Å²) in [6.45, 7) is 6.97. The molecule has 5 heteroatoms. The molecular weight excluding hydrogens is 300 g/mol. The Morgan fingerprint density at radius 3 is 2.41 bits per heavy atom. The number of carbonyl (C=O) groups is 2. The molecular formula is C17H23ClN2O2. The topological polar surface area (TPSA) is 49.4 Å². The van der Waals surface area contributed by atoms with Crippen LogP contribution in [0.3, 0.4) is 0 Å². The number of hydrogen-bond acceptors (Lipinski definition) is 2. The summed E-state index contributed by atoms with van der Waals surface area (Å²) in [6.07, 6.45) is 1.99. The molecule has 1 fully saturated rings. The summed E-state index contributed by atoms with van der Waals surface area (Å²) in [5.74, 6) is 0.192. The molecule has 120 valence electrons. The molecule has 1 saturated heterocycles. The molecule has 0 spiro atoms. The Morgan fingerprint density at radius 1 is 1.23 bits per heavy atom. The van der Waals surface area contributed by atoms with Crippen molar-refractivity contribution in [2.24, 2.45) is 11.3 Å². The smallest absolute Gasteiger partial charge is 0.239 e. The number of para-hydroxylation sites is 1. The van der Waals surface area contributed by atoms with Crippen LogP contribution in [-0.4, -0.2) is 29.8 Å². The number of hydrogen-bond donors (Lipinski definition) is 1. The van der Waals surface area contributed by atoms with E-state index < -0.39 is 5.41 Å². The van der Waals surface area contributed by atoms with E-state index in [2.05, 4.69) is 12.2 Å². The van der Waals surface area contributed by atoms with E-state index in [-0.39, 0.29) is 11.8 Å². The van der Waals surface area contributed by atoms with Crippen LogP contribution in [0.25, 0.3) is 0 Å². The molecule has 2 amide bonds. The fourth-order valence-electron chi connectivity index (χ4n) is 2.55. The quantitative estimate of drug-likeness (QED) is 0.865. The highest BCUT2D eigenvalue weighted by Gasteiger charge is 2.40. The van der Waals surface area contributed by atoms with Gasteiger partial charge >= 0.3 is 0 Å². The minimum atomic E-state index is -1.11. The summed E-state index contributed by atoms with van der Waals surface area (Å²) in [5, 5.41) is 3.22. The number of nitrogens with one attached hydrogen (secondary N) is 1. The second-order valence-corrected chi connectivity index (χ2v) is 6.94. The summed E-state index contributed by atoms with van der Waals surface area (Å²) < 4.78 is 0. The van der Waals surface area contributed by atoms with Crippen molar-refractivity contribution in [2.75, 3.05) is 18.4 Å². The molecule has 1 aromatic carbocycles. The minimum absolute atomic E-state index is 0.121. The highest BCUT2D eigenvalue weighted by Crippen LogP contribution is 2.27. The van der Waals surface area contributed by atoms with Gasteiger partial charge in [-0.2, -0.15) is 0 Å². The van der Waals surface area contributed by atoms with Crippen LogP contribution in [0.5, 0.6) is 0 Å². The van der Waals surface area contributed by atoms with Crippen molar-refractivity contribution in [3.63, 3.8) is 0 Å². The molecule has 1 aliphatic rings. The standard InChI is InChI=1S/C17H23ClN2O2/c1-12-8-10-20(11-9-12)16(22)17(2,3)15(21)19-14-7-5-4-6-13(14)18/h4-7,12H,8-11H2,1-3H3,(H,19,21). The maximum Gasteiger partial charge on any atom is 0.239 e. The molecule has 1 N–H and O–H groups in total. The molecule has 22 heavy (non-hydrogen) atoms. The fraction of sp³-hybridized carbons (Fsp3) is 0.529. The van der Waals surface area contributed by atoms with E-state index in [1.54, 1.807) is 43.0 Å². The Balaban J connectivity index is 2.07. The van der Waals surface area contributed by atoms with Gasteiger partial charge in [0.05, 0.1) is 10.7 Å². The highest BCUT2D eigenvalue weighted by atomic mass is 35.5. The van der Waals surface area contributed by atoms with Crippen LogP contribution in [-0.2, 0) is 9.59 Å². The lowest BCUT2D eigenvalue weighted by molar-refractivity contribution is -0.147. The zero-order valence-electron chi connectivity index (χ0n) is 13.4. The first-order valence-electron chi connectivity index (χ1n) is 7.67. The van der Waals surface area contributed by atoms with Gasteiger partial charge in [-0.3, -0.25) is 9.59 Å². The lowest BCUT2D eigenvalue weighted by Crippen LogP contribution is -2.49. The van der Waals surface area contributed by atoms with E-state index in [4.69, 9.17) is 11.6 Å². The number of rotatable bonds is 3. The van der Waals surface area contributed by atoms with Crippen molar-refractivity contribution in [3.05, 3.63) is 29.3 Å². The summed E-state index contributed by atoms with van der Waals surface area (Å²) >= 11 is 6.05. The Morgan fingerprint density at radius 2 is 1.82 bits per heavy atom. The summed E-state index contributed by atoms with van der Waals surface area (Å²) in [7, 11) is 0. The van der Waals surface area contributed by atoms with Gasteiger partial charge in [0, 0.05) is 13.1 Å². The first-order valence-corrected chi connectivity index (χ1v) is 8.05. The summed E-state index contributed by atoms with van der Waals surface area (Å²) in [4.78, 5) is 27.0. The van der Waals surface area contributed by atoms with Crippen LogP contribution >= 0.6 is 11.6 Å². The second kappa shape index (κ2) is 6.69. The van der Waals surface area contributed by atoms with E-state index in [1.165, 1.54) is 0 Å². The Bertz CT molecular complexity index is 564. The first kappa shape index (κ1) is 16.8. The highest BCUT2D eigenvalue weighted by molar-refractivity contribution is 6.33. The van der Waals surface area contributed by atoms with E-state index in [0.29, 0.717) is 16.6 Å². The number of benzene rings is 1. The minimum Gasteiger partial charge on any atom is -0.342 e. The normalized spacial score (nSPS) is 16.5. The van der Waals surface area contributed by atoms with Gasteiger partial charge in [0.1, 0.15) is 5.41 Å². The van der Waals surface area contributed by atoms with Crippen molar-refractivity contribution in [3.8, 4) is 0 Å². The van der Waals surface area contributed by atoms with Crippen molar-refractivity contribution in [1.82, 2.24) is 4.90 Å². The van der Waals surface area contributed by atoms with E-state index in [0.717, 1.165) is 25.9 Å². The summed E-state index contributed by atoms with van der Waals surface area (Å²) in [5.41, 5.74) is -0.581. The number of amides is 2. The zero-order valence-corrected chi connectivity index (χ0v) is 14.1. The molecule has 0 aromatic heterocycles. The van der Waals surface area contributed by atoms with E-state index >= 15 is 0 Å². The van der Waals surface area contributed by atoms with Crippen molar-refractivity contribution in [2.45, 2.75) is 33.6 Å². The zero-order chi connectivity index (χ0) is 16.3. The average Bonchev–Trinajstić information content (AvgIpc) is 2.49. The molecule has 0 radical (unpaired) electrons. The van der Waals surface area contributed by atoms with Gasteiger partial charge in [-0.1, -0.05) is 30.7 Å². The molecule has 1 aliphatic heterocycles. The molecule has 1 heterocycles. The van der Waals surface area contributed by atoms with Gasteiger partial charge in [-0.25, -0.2) is 0 Å². The monoisotopic (exact) mass is 322 g/mol. The van der Waals surface area contributed by atoms with Gasteiger partial charge in [-0.05, 0) is 44.7 Å². The van der Waals surface area contributed by atoms with Gasteiger partial charge in [-0.15, -0.1) is 0 Å². The summed E-state index contributed by atoms with van der Waals surface area (Å²) in [6, 6.07) is 7.02. The maximum absolute atomic E-state index is 12.7. The molecule has 0 atom stereocenters. The van der Waals surface area contributed by atoms with Gasteiger partial charge < -0.3 is 10.2 Å². The fourth-order valence-corrected chi connectivity index (χ4v) is 2.73. The van der Waals surface area contributed by atoms with Crippen LogP contribution in [0, 0.1) is 11.3 Å². The van der Waals surface area contributed by atoms with Crippen LogP contribution in [0.15, 0.2) is 24.3 Å². The maximum atomic E-state index is 12.7. The van der Waals surface area contributed by atoms with Crippen molar-refractivity contribution >= 4 is 29.1 Å². The van der Waals surface area contributed by atoms with Crippen molar-refractivity contribution in [1.29, 1.82) is 0 Å². The van der Waals surface area contributed by atoms with Gasteiger partial charge in [0.15, 0.2) is 0 Å². The van der Waals surface area contributed by atoms with Crippen LogP contribution < -0.4 is 5.32 Å². The Hall–Kier alpha value is -1.55. The SMILES string of the molecule is CC1CCN(C(=O)C(C)(C)C(=O)Nc2ccccc2Cl)CC1. The number of halogens is 1. The molecule has 0 unspecified atom stereocenters. The number of likely N-dealkylation sites (tertiary alicyclic amines) is 1. The first-order chi connectivity index (χ1) is 10.3. The van der Waals surface area contributed by atoms with E-state index in [1.807, 2.05) is 0 Å². The Kier molecular flexibility index (Phi) is 5.12. The molecule has 2 rings (SSSR count). The van der Waals surface area contributed by atoms with E-state index in [9.17, 15) is 9.59 Å². The Labute approximate surface area is 136 Å². The van der Waals surface area contributed by atoms with Crippen LogP contribution in [0.2, 0.25) is 5.02 Å².